The standard InChI is InChI=1S/C22H25N3O5S/c1-16(30-20-5-3-17(15-23)4-6-20)22(26)24-18-11-13-25(14-12-18)31(27,28)21-9-7-19(29-2)8-10-21/h3-10,16,18H,11-14H2,1-2H3,(H,24,26). The second kappa shape index (κ2) is 9.81. The molecule has 8 nitrogen and oxygen atoms in total. The zero-order valence-corrected chi connectivity index (χ0v) is 18.3. The van der Waals surface area contributed by atoms with Crippen LogP contribution in [0.1, 0.15) is 25.3 Å². The van der Waals surface area contributed by atoms with E-state index in [1.807, 2.05) is 6.07 Å². The molecular formula is C22H25N3O5S. The molecule has 0 aromatic heterocycles. The monoisotopic (exact) mass is 443 g/mol. The fourth-order valence-corrected chi connectivity index (χ4v) is 4.79. The largest absolute Gasteiger partial charge is 0.497 e. The molecule has 0 spiro atoms. The molecule has 9 heteroatoms. The summed E-state index contributed by atoms with van der Waals surface area (Å²) >= 11 is 0. The predicted molar refractivity (Wildman–Crippen MR) is 114 cm³/mol. The quantitative estimate of drug-likeness (QED) is 0.703. The molecule has 1 unspecified atom stereocenters. The highest BCUT2D eigenvalue weighted by atomic mass is 32.2. The van der Waals surface area contributed by atoms with Crippen molar-refractivity contribution in [1.29, 1.82) is 5.26 Å². The summed E-state index contributed by atoms with van der Waals surface area (Å²) in [6.07, 6.45) is 0.323. The van der Waals surface area contributed by atoms with Gasteiger partial charge in [0.1, 0.15) is 11.5 Å². The summed E-state index contributed by atoms with van der Waals surface area (Å²) in [5, 5.41) is 11.8. The molecule has 1 heterocycles. The Balaban J connectivity index is 1.51. The van der Waals surface area contributed by atoms with E-state index in [0.29, 0.717) is 43.0 Å². The first-order valence-electron chi connectivity index (χ1n) is 9.95. The van der Waals surface area contributed by atoms with E-state index in [1.165, 1.54) is 23.5 Å². The summed E-state index contributed by atoms with van der Waals surface area (Å²) in [5.74, 6) is 0.834. The van der Waals surface area contributed by atoms with Gasteiger partial charge in [0.25, 0.3) is 5.91 Å². The normalized spacial score (nSPS) is 16.2. The number of nitrogens with one attached hydrogen (secondary N) is 1. The lowest BCUT2D eigenvalue weighted by molar-refractivity contribution is -0.128. The molecule has 0 bridgehead atoms. The van der Waals surface area contributed by atoms with Crippen LogP contribution in [0.15, 0.2) is 53.4 Å². The van der Waals surface area contributed by atoms with Crippen molar-refractivity contribution in [1.82, 2.24) is 9.62 Å². The number of rotatable bonds is 7. The van der Waals surface area contributed by atoms with E-state index < -0.39 is 16.1 Å². The molecule has 0 saturated carbocycles. The number of nitriles is 1. The molecule has 1 saturated heterocycles. The number of hydrogen-bond acceptors (Lipinski definition) is 6. The fraction of sp³-hybridized carbons (Fsp3) is 0.364. The summed E-state index contributed by atoms with van der Waals surface area (Å²) in [6, 6.07) is 14.7. The number of carbonyl (C=O) groups is 1. The SMILES string of the molecule is COc1ccc(S(=O)(=O)N2CCC(NC(=O)C(C)Oc3ccc(C#N)cc3)CC2)cc1. The van der Waals surface area contributed by atoms with E-state index in [1.54, 1.807) is 43.3 Å². The van der Waals surface area contributed by atoms with Gasteiger partial charge >= 0.3 is 0 Å². The Hall–Kier alpha value is -3.09. The topological polar surface area (TPSA) is 109 Å². The van der Waals surface area contributed by atoms with Gasteiger partial charge in [-0.1, -0.05) is 0 Å². The Morgan fingerprint density at radius 3 is 2.23 bits per heavy atom. The molecule has 1 aliphatic rings. The molecule has 1 aliphatic heterocycles. The number of methoxy groups -OCH3 is 1. The number of sulfonamides is 1. The molecule has 2 aromatic carbocycles. The molecule has 1 atom stereocenters. The van der Waals surface area contributed by atoms with Crippen LogP contribution in [0, 0.1) is 11.3 Å². The van der Waals surface area contributed by atoms with Crippen LogP contribution in [0.3, 0.4) is 0 Å². The lowest BCUT2D eigenvalue weighted by Crippen LogP contribution is -2.49. The van der Waals surface area contributed by atoms with Crippen molar-refractivity contribution < 1.29 is 22.7 Å². The number of nitrogens with zero attached hydrogens (tertiary/aromatic N) is 2. The van der Waals surface area contributed by atoms with Gasteiger partial charge in [0, 0.05) is 19.1 Å². The molecule has 3 rings (SSSR count). The van der Waals surface area contributed by atoms with Crippen LogP contribution in [0.2, 0.25) is 0 Å². The molecule has 164 valence electrons. The summed E-state index contributed by atoms with van der Waals surface area (Å²) in [6.45, 7) is 2.30. The van der Waals surface area contributed by atoms with Crippen molar-refractivity contribution in [3.8, 4) is 17.6 Å². The van der Waals surface area contributed by atoms with Crippen molar-refractivity contribution in [3.63, 3.8) is 0 Å². The van der Waals surface area contributed by atoms with Gasteiger partial charge in [0.15, 0.2) is 6.10 Å². The maximum absolute atomic E-state index is 12.8. The number of amides is 1. The van der Waals surface area contributed by atoms with E-state index in [-0.39, 0.29) is 16.8 Å². The molecule has 1 N–H and O–H groups in total. The molecule has 1 fully saturated rings. The maximum Gasteiger partial charge on any atom is 0.260 e. The van der Waals surface area contributed by atoms with E-state index in [2.05, 4.69) is 5.32 Å². The van der Waals surface area contributed by atoms with Crippen LogP contribution < -0.4 is 14.8 Å². The van der Waals surface area contributed by atoms with Crippen LogP contribution in [0.4, 0.5) is 0 Å². The molecule has 31 heavy (non-hydrogen) atoms. The Labute approximate surface area is 182 Å². The number of carbonyl (C=O) groups excluding carboxylic acids is 1. The number of ether oxygens (including phenoxy) is 2. The zero-order chi connectivity index (χ0) is 22.4. The maximum atomic E-state index is 12.8. The third kappa shape index (κ3) is 5.54. The van der Waals surface area contributed by atoms with Gasteiger partial charge in [0.2, 0.25) is 10.0 Å². The summed E-state index contributed by atoms with van der Waals surface area (Å²) < 4.78 is 37.8. The minimum Gasteiger partial charge on any atom is -0.497 e. The minimum atomic E-state index is -3.58. The van der Waals surface area contributed by atoms with Crippen LogP contribution in [0.5, 0.6) is 11.5 Å². The van der Waals surface area contributed by atoms with Crippen molar-refractivity contribution in [2.24, 2.45) is 0 Å². The summed E-state index contributed by atoms with van der Waals surface area (Å²) in [5.41, 5.74) is 0.515. The Morgan fingerprint density at radius 2 is 1.68 bits per heavy atom. The Kier molecular flexibility index (Phi) is 7.15. The summed E-state index contributed by atoms with van der Waals surface area (Å²) in [7, 11) is -2.06. The highest BCUT2D eigenvalue weighted by molar-refractivity contribution is 7.89. The first kappa shape index (κ1) is 22.6. The average Bonchev–Trinajstić information content (AvgIpc) is 2.80. The highest BCUT2D eigenvalue weighted by Crippen LogP contribution is 2.23. The number of benzene rings is 2. The van der Waals surface area contributed by atoms with Crippen molar-refractivity contribution in [2.45, 2.75) is 36.8 Å². The van der Waals surface area contributed by atoms with Gasteiger partial charge in [0.05, 0.1) is 23.6 Å². The third-order valence-corrected chi connectivity index (χ3v) is 7.08. The second-order valence-corrected chi connectivity index (χ2v) is 9.20. The smallest absolute Gasteiger partial charge is 0.260 e. The lowest BCUT2D eigenvalue weighted by Gasteiger charge is -2.32. The van der Waals surface area contributed by atoms with Gasteiger partial charge in [-0.05, 0) is 68.3 Å². The van der Waals surface area contributed by atoms with E-state index >= 15 is 0 Å². The summed E-state index contributed by atoms with van der Waals surface area (Å²) in [4.78, 5) is 12.7. The van der Waals surface area contributed by atoms with Crippen LogP contribution in [0.25, 0.3) is 0 Å². The Morgan fingerprint density at radius 1 is 1.10 bits per heavy atom. The van der Waals surface area contributed by atoms with Gasteiger partial charge < -0.3 is 14.8 Å². The molecule has 0 aliphatic carbocycles. The van der Waals surface area contributed by atoms with E-state index in [9.17, 15) is 13.2 Å². The van der Waals surface area contributed by atoms with Gasteiger partial charge in [-0.3, -0.25) is 4.79 Å². The molecule has 0 radical (unpaired) electrons. The van der Waals surface area contributed by atoms with E-state index in [0.717, 1.165) is 0 Å². The first-order valence-corrected chi connectivity index (χ1v) is 11.4. The van der Waals surface area contributed by atoms with E-state index in [4.69, 9.17) is 14.7 Å². The van der Waals surface area contributed by atoms with Crippen LogP contribution in [-0.2, 0) is 14.8 Å². The van der Waals surface area contributed by atoms with Gasteiger partial charge in [-0.15, -0.1) is 0 Å². The molecule has 1 amide bonds. The molecular weight excluding hydrogens is 418 g/mol. The molecule has 2 aromatic rings. The first-order chi connectivity index (χ1) is 14.8. The lowest BCUT2D eigenvalue weighted by atomic mass is 10.1. The van der Waals surface area contributed by atoms with Crippen molar-refractivity contribution in [2.75, 3.05) is 20.2 Å². The zero-order valence-electron chi connectivity index (χ0n) is 17.4. The van der Waals surface area contributed by atoms with Gasteiger partial charge in [-0.2, -0.15) is 9.57 Å². The minimum absolute atomic E-state index is 0.123. The average molecular weight is 444 g/mol. The van der Waals surface area contributed by atoms with Crippen LogP contribution in [-0.4, -0.2) is 51.0 Å². The van der Waals surface area contributed by atoms with Crippen molar-refractivity contribution >= 4 is 15.9 Å². The Bertz CT molecular complexity index is 1040. The second-order valence-electron chi connectivity index (χ2n) is 7.26. The van der Waals surface area contributed by atoms with Crippen LogP contribution >= 0.6 is 0 Å². The number of piperidine rings is 1. The van der Waals surface area contributed by atoms with Crippen molar-refractivity contribution in [3.05, 3.63) is 54.1 Å². The van der Waals surface area contributed by atoms with Gasteiger partial charge in [-0.25, -0.2) is 8.42 Å². The number of hydrogen-bond donors (Lipinski definition) is 1. The fourth-order valence-electron chi connectivity index (χ4n) is 3.32. The highest BCUT2D eigenvalue weighted by Gasteiger charge is 2.30. The predicted octanol–water partition coefficient (Wildman–Crippen LogP) is 2.30. The third-order valence-electron chi connectivity index (χ3n) is 5.16.